The number of amides is 2. The van der Waals surface area contributed by atoms with E-state index in [-0.39, 0.29) is 24.2 Å². The molecule has 0 radical (unpaired) electrons. The lowest BCUT2D eigenvalue weighted by molar-refractivity contribution is -0.140. The molecule has 192 valence electrons. The van der Waals surface area contributed by atoms with Gasteiger partial charge in [0.05, 0.1) is 11.9 Å². The first-order chi connectivity index (χ1) is 16.4. The van der Waals surface area contributed by atoms with Crippen LogP contribution in [0, 0.1) is 0 Å². The second kappa shape index (κ2) is 12.8. The molecule has 2 aromatic carbocycles. The second-order valence-electron chi connectivity index (χ2n) is 8.21. The zero-order chi connectivity index (χ0) is 26.3. The first-order valence-corrected chi connectivity index (χ1v) is 14.1. The number of sulfonamides is 1. The average Bonchev–Trinajstić information content (AvgIpc) is 2.78. The third kappa shape index (κ3) is 8.00. The lowest BCUT2D eigenvalue weighted by Gasteiger charge is -2.33. The van der Waals surface area contributed by atoms with Crippen LogP contribution in [0.15, 0.2) is 42.5 Å². The predicted molar refractivity (Wildman–Crippen MR) is 143 cm³/mol. The Morgan fingerprint density at radius 1 is 0.971 bits per heavy atom. The fourth-order valence-electron chi connectivity index (χ4n) is 3.44. The van der Waals surface area contributed by atoms with Crippen LogP contribution >= 0.6 is 34.8 Å². The van der Waals surface area contributed by atoms with Crippen molar-refractivity contribution in [1.82, 2.24) is 10.2 Å². The van der Waals surface area contributed by atoms with E-state index in [0.29, 0.717) is 33.5 Å². The Morgan fingerprint density at radius 3 is 2.03 bits per heavy atom. The lowest BCUT2D eigenvalue weighted by atomic mass is 10.1. The number of nitrogens with zero attached hydrogens (tertiary/aromatic N) is 2. The molecule has 0 aliphatic carbocycles. The van der Waals surface area contributed by atoms with E-state index in [1.54, 1.807) is 25.1 Å². The molecule has 7 nitrogen and oxygen atoms in total. The Bertz CT molecular complexity index is 1120. The van der Waals surface area contributed by atoms with E-state index in [1.807, 2.05) is 13.8 Å². The van der Waals surface area contributed by atoms with Gasteiger partial charge in [-0.2, -0.15) is 0 Å². The van der Waals surface area contributed by atoms with Crippen molar-refractivity contribution in [1.29, 1.82) is 0 Å². The van der Waals surface area contributed by atoms with Crippen molar-refractivity contribution in [2.75, 3.05) is 17.1 Å². The van der Waals surface area contributed by atoms with Crippen LogP contribution in [0.3, 0.4) is 0 Å². The fourth-order valence-corrected chi connectivity index (χ4v) is 4.93. The van der Waals surface area contributed by atoms with Gasteiger partial charge in [0, 0.05) is 33.2 Å². The SMILES string of the molecule is CC[C@@H](C)NC(=O)[C@H](CC)N(Cc1c(Cl)cccc1Cl)C(=O)CN(c1ccc(Cl)cc1)S(C)(=O)=O. The molecule has 11 heteroatoms. The van der Waals surface area contributed by atoms with E-state index in [9.17, 15) is 18.0 Å². The summed E-state index contributed by atoms with van der Waals surface area (Å²) >= 11 is 18.7. The summed E-state index contributed by atoms with van der Waals surface area (Å²) in [5.74, 6) is -0.914. The Hall–Kier alpha value is -2.00. The molecule has 0 unspecified atom stereocenters. The van der Waals surface area contributed by atoms with Gasteiger partial charge in [0.1, 0.15) is 12.6 Å². The van der Waals surface area contributed by atoms with Gasteiger partial charge in [-0.3, -0.25) is 13.9 Å². The normalized spacial score (nSPS) is 13.1. The summed E-state index contributed by atoms with van der Waals surface area (Å²) in [5, 5.41) is 4.01. The molecule has 0 bridgehead atoms. The summed E-state index contributed by atoms with van der Waals surface area (Å²) in [7, 11) is -3.83. The molecule has 0 saturated carbocycles. The molecule has 0 aliphatic rings. The van der Waals surface area contributed by atoms with Crippen molar-refractivity contribution in [3.05, 3.63) is 63.1 Å². The molecule has 1 N–H and O–H groups in total. The van der Waals surface area contributed by atoms with Crippen LogP contribution in [0.25, 0.3) is 0 Å². The molecule has 0 heterocycles. The van der Waals surface area contributed by atoms with E-state index in [0.717, 1.165) is 10.6 Å². The lowest BCUT2D eigenvalue weighted by Crippen LogP contribution is -2.53. The number of halogens is 3. The second-order valence-corrected chi connectivity index (χ2v) is 11.4. The van der Waals surface area contributed by atoms with Gasteiger partial charge in [-0.05, 0) is 56.2 Å². The van der Waals surface area contributed by atoms with Gasteiger partial charge >= 0.3 is 0 Å². The number of benzene rings is 2. The summed E-state index contributed by atoms with van der Waals surface area (Å²) in [5.41, 5.74) is 0.745. The number of carbonyl (C=O) groups excluding carboxylic acids is 2. The molecule has 0 spiro atoms. The molecule has 0 aliphatic heterocycles. The van der Waals surface area contributed by atoms with Crippen molar-refractivity contribution in [2.24, 2.45) is 0 Å². The number of hydrogen-bond donors (Lipinski definition) is 1. The highest BCUT2D eigenvalue weighted by Crippen LogP contribution is 2.28. The smallest absolute Gasteiger partial charge is 0.244 e. The van der Waals surface area contributed by atoms with Gasteiger partial charge < -0.3 is 10.2 Å². The van der Waals surface area contributed by atoms with Crippen LogP contribution in [0.1, 0.15) is 39.2 Å². The van der Waals surface area contributed by atoms with Crippen molar-refractivity contribution in [3.8, 4) is 0 Å². The van der Waals surface area contributed by atoms with E-state index in [2.05, 4.69) is 5.32 Å². The highest BCUT2D eigenvalue weighted by Gasteiger charge is 2.32. The average molecular weight is 563 g/mol. The van der Waals surface area contributed by atoms with Crippen LogP contribution in [0.4, 0.5) is 5.69 Å². The molecule has 35 heavy (non-hydrogen) atoms. The number of carbonyl (C=O) groups is 2. The summed E-state index contributed by atoms with van der Waals surface area (Å²) in [6, 6.07) is 10.1. The number of anilines is 1. The summed E-state index contributed by atoms with van der Waals surface area (Å²) in [6.07, 6.45) is 2.03. The molecule has 0 saturated heterocycles. The van der Waals surface area contributed by atoms with Crippen molar-refractivity contribution < 1.29 is 18.0 Å². The van der Waals surface area contributed by atoms with Crippen LogP contribution in [0.2, 0.25) is 15.1 Å². The molecule has 2 rings (SSSR count). The Balaban J connectivity index is 2.49. The maximum Gasteiger partial charge on any atom is 0.244 e. The zero-order valence-electron chi connectivity index (χ0n) is 20.1. The van der Waals surface area contributed by atoms with Crippen LogP contribution < -0.4 is 9.62 Å². The Labute approximate surface area is 222 Å². The van der Waals surface area contributed by atoms with E-state index in [4.69, 9.17) is 34.8 Å². The maximum absolute atomic E-state index is 13.7. The van der Waals surface area contributed by atoms with Gasteiger partial charge in [0.2, 0.25) is 21.8 Å². The van der Waals surface area contributed by atoms with Crippen molar-refractivity contribution >= 4 is 62.3 Å². The molecular weight excluding hydrogens is 533 g/mol. The molecule has 0 aromatic heterocycles. The van der Waals surface area contributed by atoms with E-state index in [1.165, 1.54) is 29.2 Å². The minimum Gasteiger partial charge on any atom is -0.352 e. The first-order valence-electron chi connectivity index (χ1n) is 11.1. The minimum absolute atomic E-state index is 0.0675. The highest BCUT2D eigenvalue weighted by atomic mass is 35.5. The first kappa shape index (κ1) is 29.2. The fraction of sp³-hybridized carbons (Fsp3) is 0.417. The molecule has 2 atom stereocenters. The van der Waals surface area contributed by atoms with Gasteiger partial charge in [0.25, 0.3) is 0 Å². The predicted octanol–water partition coefficient (Wildman–Crippen LogP) is 5.13. The van der Waals surface area contributed by atoms with Gasteiger partial charge in [0.15, 0.2) is 0 Å². The zero-order valence-corrected chi connectivity index (χ0v) is 23.2. The highest BCUT2D eigenvalue weighted by molar-refractivity contribution is 7.92. The monoisotopic (exact) mass is 561 g/mol. The Morgan fingerprint density at radius 2 is 1.54 bits per heavy atom. The standard InChI is InChI=1S/C24H30Cl3N3O4S/c1-5-16(3)28-24(32)22(6-2)29(14-19-20(26)8-7-9-21(19)27)23(31)15-30(35(4,33)34)18-12-10-17(25)11-13-18/h7-13,16,22H,5-6,14-15H2,1-4H3,(H,28,32)/t16-,22+/m1/s1. The summed E-state index contributed by atoms with van der Waals surface area (Å²) < 4.78 is 26.2. The number of nitrogens with one attached hydrogen (secondary N) is 1. The summed E-state index contributed by atoms with van der Waals surface area (Å²) in [6.45, 7) is 5.00. The number of rotatable bonds is 11. The minimum atomic E-state index is -3.83. The quantitative estimate of drug-likeness (QED) is 0.411. The summed E-state index contributed by atoms with van der Waals surface area (Å²) in [4.78, 5) is 28.1. The maximum atomic E-state index is 13.7. The van der Waals surface area contributed by atoms with E-state index >= 15 is 0 Å². The van der Waals surface area contributed by atoms with Crippen LogP contribution in [-0.4, -0.2) is 50.0 Å². The van der Waals surface area contributed by atoms with Gasteiger partial charge in [-0.25, -0.2) is 8.42 Å². The van der Waals surface area contributed by atoms with Crippen molar-refractivity contribution in [2.45, 2.75) is 52.2 Å². The largest absolute Gasteiger partial charge is 0.352 e. The molecule has 2 aromatic rings. The Kier molecular flexibility index (Phi) is 10.7. The van der Waals surface area contributed by atoms with Gasteiger partial charge in [-0.15, -0.1) is 0 Å². The number of hydrogen-bond acceptors (Lipinski definition) is 4. The molecule has 0 fully saturated rings. The van der Waals surface area contributed by atoms with Gasteiger partial charge in [-0.1, -0.05) is 54.7 Å². The molecular formula is C24H30Cl3N3O4S. The van der Waals surface area contributed by atoms with Crippen LogP contribution in [-0.2, 0) is 26.2 Å². The topological polar surface area (TPSA) is 86.8 Å². The molecule has 2 amide bonds. The van der Waals surface area contributed by atoms with Crippen LogP contribution in [0.5, 0.6) is 0 Å². The third-order valence-electron chi connectivity index (χ3n) is 5.57. The van der Waals surface area contributed by atoms with Crippen molar-refractivity contribution in [3.63, 3.8) is 0 Å². The van der Waals surface area contributed by atoms with E-state index < -0.39 is 28.5 Å². The third-order valence-corrected chi connectivity index (χ3v) is 7.67.